The fourth-order valence-electron chi connectivity index (χ4n) is 1.80. The molecule has 2 N–H and O–H groups in total. The lowest BCUT2D eigenvalue weighted by atomic mass is 10.2. The number of hydrogen-bond donors (Lipinski definition) is 2. The van der Waals surface area contributed by atoms with Crippen LogP contribution in [-0.2, 0) is 4.79 Å². The van der Waals surface area contributed by atoms with Crippen molar-refractivity contribution in [3.05, 3.63) is 33.9 Å². The summed E-state index contributed by atoms with van der Waals surface area (Å²) in [7, 11) is 0. The predicted octanol–water partition coefficient (Wildman–Crippen LogP) is 1.98. The number of rotatable bonds is 6. The topological polar surface area (TPSA) is 84.3 Å². The average molecular weight is 263 g/mol. The molecule has 0 heterocycles. The molecule has 1 saturated carbocycles. The summed E-state index contributed by atoms with van der Waals surface area (Å²) in [5.41, 5.74) is 1.06. The molecule has 1 aromatic rings. The maximum absolute atomic E-state index is 11.7. The summed E-state index contributed by atoms with van der Waals surface area (Å²) in [6.07, 6.45) is 2.66. The van der Waals surface area contributed by atoms with Gasteiger partial charge in [-0.25, -0.2) is 0 Å². The minimum Gasteiger partial charge on any atom is -0.320 e. The van der Waals surface area contributed by atoms with Crippen LogP contribution in [0.5, 0.6) is 0 Å². The number of nitrogens with zero attached hydrogens (tertiary/aromatic N) is 1. The van der Waals surface area contributed by atoms with E-state index in [0.29, 0.717) is 19.0 Å². The van der Waals surface area contributed by atoms with Crippen molar-refractivity contribution >= 4 is 17.3 Å². The first kappa shape index (κ1) is 13.5. The molecule has 0 saturated heterocycles. The highest BCUT2D eigenvalue weighted by atomic mass is 16.6. The fraction of sp³-hybridized carbons (Fsp3) is 0.462. The molecule has 0 spiro atoms. The number of amides is 1. The minimum absolute atomic E-state index is 0.0749. The standard InChI is InChI=1S/C13H17N3O3/c1-9-2-5-12(16(18)19)11(8-9)15-13(17)6-7-14-10-3-4-10/h2,5,8,10,14H,3-4,6-7H2,1H3,(H,15,17). The molecule has 1 amide bonds. The van der Waals surface area contributed by atoms with Gasteiger partial charge in [0.15, 0.2) is 0 Å². The number of benzene rings is 1. The lowest BCUT2D eigenvalue weighted by Gasteiger charge is -2.07. The number of nitro benzene ring substituents is 1. The molecule has 0 unspecified atom stereocenters. The summed E-state index contributed by atoms with van der Waals surface area (Å²) >= 11 is 0. The predicted molar refractivity (Wildman–Crippen MR) is 72.1 cm³/mol. The Labute approximate surface area is 111 Å². The molecule has 1 aliphatic rings. The average Bonchev–Trinajstić information content (AvgIpc) is 3.12. The molecule has 102 valence electrons. The van der Waals surface area contributed by atoms with Gasteiger partial charge in [0.25, 0.3) is 5.69 Å². The molecule has 0 aromatic heterocycles. The van der Waals surface area contributed by atoms with Crippen LogP contribution in [0.25, 0.3) is 0 Å². The molecule has 2 rings (SSSR count). The Balaban J connectivity index is 1.94. The molecule has 6 heteroatoms. The summed E-state index contributed by atoms with van der Waals surface area (Å²) < 4.78 is 0. The van der Waals surface area contributed by atoms with Crippen LogP contribution in [0.2, 0.25) is 0 Å². The SMILES string of the molecule is Cc1ccc([N+](=O)[O-])c(NC(=O)CCNC2CC2)c1. The van der Waals surface area contributed by atoms with E-state index in [1.165, 1.54) is 18.9 Å². The molecule has 1 aromatic carbocycles. The van der Waals surface area contributed by atoms with Crippen LogP contribution in [0.1, 0.15) is 24.8 Å². The molecule has 0 aliphatic heterocycles. The van der Waals surface area contributed by atoms with Gasteiger partial charge in [-0.2, -0.15) is 0 Å². The summed E-state index contributed by atoms with van der Waals surface area (Å²) in [5, 5.41) is 16.7. The molecule has 1 fully saturated rings. The number of hydrogen-bond acceptors (Lipinski definition) is 4. The second kappa shape index (κ2) is 5.79. The van der Waals surface area contributed by atoms with Gasteiger partial charge in [0.2, 0.25) is 5.91 Å². The van der Waals surface area contributed by atoms with Crippen LogP contribution < -0.4 is 10.6 Å². The Kier molecular flexibility index (Phi) is 4.11. The maximum atomic E-state index is 11.7. The van der Waals surface area contributed by atoms with Gasteiger partial charge in [-0.1, -0.05) is 6.07 Å². The van der Waals surface area contributed by atoms with Gasteiger partial charge in [-0.15, -0.1) is 0 Å². The van der Waals surface area contributed by atoms with Crippen molar-refractivity contribution in [2.45, 2.75) is 32.2 Å². The van der Waals surface area contributed by atoms with E-state index in [1.54, 1.807) is 12.1 Å². The number of carbonyl (C=O) groups is 1. The molecule has 19 heavy (non-hydrogen) atoms. The summed E-state index contributed by atoms with van der Waals surface area (Å²) in [6, 6.07) is 5.24. The van der Waals surface area contributed by atoms with Crippen molar-refractivity contribution in [2.75, 3.05) is 11.9 Å². The van der Waals surface area contributed by atoms with Crippen LogP contribution in [0, 0.1) is 17.0 Å². The van der Waals surface area contributed by atoms with Gasteiger partial charge in [-0.05, 0) is 31.4 Å². The van der Waals surface area contributed by atoms with E-state index < -0.39 is 4.92 Å². The van der Waals surface area contributed by atoms with Crippen molar-refractivity contribution in [2.24, 2.45) is 0 Å². The van der Waals surface area contributed by atoms with Crippen LogP contribution in [0.3, 0.4) is 0 Å². The molecule has 0 bridgehead atoms. The number of aryl methyl sites for hydroxylation is 1. The van der Waals surface area contributed by atoms with Gasteiger partial charge in [-0.3, -0.25) is 14.9 Å². The van der Waals surface area contributed by atoms with Crippen LogP contribution in [0.15, 0.2) is 18.2 Å². The van der Waals surface area contributed by atoms with Crippen LogP contribution >= 0.6 is 0 Å². The van der Waals surface area contributed by atoms with E-state index in [1.807, 2.05) is 6.92 Å². The van der Waals surface area contributed by atoms with Crippen LogP contribution in [-0.4, -0.2) is 23.4 Å². The molecular weight excluding hydrogens is 246 g/mol. The van der Waals surface area contributed by atoms with E-state index in [0.717, 1.165) is 5.56 Å². The highest BCUT2D eigenvalue weighted by Gasteiger charge is 2.20. The van der Waals surface area contributed by atoms with Crippen molar-refractivity contribution in [3.63, 3.8) is 0 Å². The van der Waals surface area contributed by atoms with E-state index in [-0.39, 0.29) is 17.3 Å². The first-order valence-electron chi connectivity index (χ1n) is 6.34. The minimum atomic E-state index is -0.489. The van der Waals surface area contributed by atoms with E-state index in [9.17, 15) is 14.9 Å². The normalized spacial score (nSPS) is 14.2. The fourth-order valence-corrected chi connectivity index (χ4v) is 1.80. The molecule has 6 nitrogen and oxygen atoms in total. The Morgan fingerprint density at radius 2 is 2.21 bits per heavy atom. The zero-order chi connectivity index (χ0) is 13.8. The first-order chi connectivity index (χ1) is 9.06. The Morgan fingerprint density at radius 3 is 2.84 bits per heavy atom. The van der Waals surface area contributed by atoms with E-state index in [2.05, 4.69) is 10.6 Å². The van der Waals surface area contributed by atoms with Crippen LogP contribution in [0.4, 0.5) is 11.4 Å². The Hall–Kier alpha value is -1.95. The summed E-state index contributed by atoms with van der Waals surface area (Å²) in [4.78, 5) is 22.1. The third-order valence-corrected chi connectivity index (χ3v) is 2.99. The molecule has 0 atom stereocenters. The van der Waals surface area contributed by atoms with Crippen molar-refractivity contribution in [1.29, 1.82) is 0 Å². The summed E-state index contributed by atoms with van der Waals surface area (Å²) in [5.74, 6) is -0.207. The highest BCUT2D eigenvalue weighted by molar-refractivity contribution is 5.93. The quantitative estimate of drug-likeness (QED) is 0.607. The molecule has 1 aliphatic carbocycles. The number of nitro groups is 1. The van der Waals surface area contributed by atoms with E-state index >= 15 is 0 Å². The van der Waals surface area contributed by atoms with E-state index in [4.69, 9.17) is 0 Å². The number of carbonyl (C=O) groups excluding carboxylic acids is 1. The smallest absolute Gasteiger partial charge is 0.292 e. The lowest BCUT2D eigenvalue weighted by Crippen LogP contribution is -2.23. The largest absolute Gasteiger partial charge is 0.320 e. The van der Waals surface area contributed by atoms with Gasteiger partial charge < -0.3 is 10.6 Å². The monoisotopic (exact) mass is 263 g/mol. The molecular formula is C13H17N3O3. The number of nitrogens with one attached hydrogen (secondary N) is 2. The van der Waals surface area contributed by atoms with Gasteiger partial charge >= 0.3 is 0 Å². The van der Waals surface area contributed by atoms with Gasteiger partial charge in [0.1, 0.15) is 5.69 Å². The lowest BCUT2D eigenvalue weighted by molar-refractivity contribution is -0.383. The Bertz CT molecular complexity index is 498. The van der Waals surface area contributed by atoms with Crippen molar-refractivity contribution in [1.82, 2.24) is 5.32 Å². The zero-order valence-electron chi connectivity index (χ0n) is 10.8. The summed E-state index contributed by atoms with van der Waals surface area (Å²) in [6.45, 7) is 2.43. The molecule has 0 radical (unpaired) electrons. The third-order valence-electron chi connectivity index (χ3n) is 2.99. The second-order valence-electron chi connectivity index (χ2n) is 4.80. The van der Waals surface area contributed by atoms with Gasteiger partial charge in [0.05, 0.1) is 4.92 Å². The van der Waals surface area contributed by atoms with Crippen molar-refractivity contribution in [3.8, 4) is 0 Å². The first-order valence-corrected chi connectivity index (χ1v) is 6.34. The Morgan fingerprint density at radius 1 is 1.47 bits per heavy atom. The third kappa shape index (κ3) is 4.03. The number of anilines is 1. The highest BCUT2D eigenvalue weighted by Crippen LogP contribution is 2.25. The maximum Gasteiger partial charge on any atom is 0.292 e. The van der Waals surface area contributed by atoms with Crippen molar-refractivity contribution < 1.29 is 9.72 Å². The van der Waals surface area contributed by atoms with Gasteiger partial charge in [0, 0.05) is 25.1 Å². The zero-order valence-corrected chi connectivity index (χ0v) is 10.8. The second-order valence-corrected chi connectivity index (χ2v) is 4.80.